The highest BCUT2D eigenvalue weighted by atomic mass is 79.9. The van der Waals surface area contributed by atoms with Crippen molar-refractivity contribution >= 4 is 27.3 Å². The fourth-order valence-electron chi connectivity index (χ4n) is 1.67. The number of methoxy groups -OCH3 is 1. The number of hydrogen-bond acceptors (Lipinski definition) is 3. The van der Waals surface area contributed by atoms with Gasteiger partial charge in [-0.05, 0) is 46.6 Å². The Balaban J connectivity index is 2.36. The molecule has 1 atom stereocenters. The third-order valence-electron chi connectivity index (χ3n) is 2.72. The zero-order valence-corrected chi connectivity index (χ0v) is 12.4. The largest absolute Gasteiger partial charge is 0.494 e. The van der Waals surface area contributed by atoms with E-state index < -0.39 is 0 Å². The standard InChI is InChI=1S/C13H13BrFNOS/c1-7-9(14)6-12(18-7)13(16)8-3-4-10(15)11(5-8)17-2/h3-6,13H,16H2,1-2H3. The lowest BCUT2D eigenvalue weighted by Crippen LogP contribution is -2.10. The van der Waals surface area contributed by atoms with Crippen molar-refractivity contribution in [2.75, 3.05) is 7.11 Å². The molecule has 96 valence electrons. The monoisotopic (exact) mass is 329 g/mol. The van der Waals surface area contributed by atoms with Crippen molar-refractivity contribution in [2.24, 2.45) is 5.73 Å². The molecule has 2 nitrogen and oxygen atoms in total. The van der Waals surface area contributed by atoms with E-state index >= 15 is 0 Å². The molecule has 0 aliphatic heterocycles. The highest BCUT2D eigenvalue weighted by molar-refractivity contribution is 9.10. The minimum Gasteiger partial charge on any atom is -0.494 e. The van der Waals surface area contributed by atoms with Gasteiger partial charge in [0, 0.05) is 14.2 Å². The third kappa shape index (κ3) is 2.58. The highest BCUT2D eigenvalue weighted by Gasteiger charge is 2.15. The molecule has 0 aliphatic rings. The molecule has 1 aromatic heterocycles. The number of ether oxygens (including phenoxy) is 1. The molecule has 2 rings (SSSR count). The summed E-state index contributed by atoms with van der Waals surface area (Å²) >= 11 is 5.10. The first-order valence-electron chi connectivity index (χ1n) is 5.37. The van der Waals surface area contributed by atoms with E-state index in [1.54, 1.807) is 23.5 Å². The molecular formula is C13H13BrFNOS. The van der Waals surface area contributed by atoms with Crippen LogP contribution in [0.4, 0.5) is 4.39 Å². The lowest BCUT2D eigenvalue weighted by Gasteiger charge is -2.11. The number of aryl methyl sites for hydroxylation is 1. The van der Waals surface area contributed by atoms with Crippen LogP contribution in [-0.4, -0.2) is 7.11 Å². The Kier molecular flexibility index (Phi) is 4.04. The Bertz CT molecular complexity index is 551. The molecule has 0 saturated carbocycles. The van der Waals surface area contributed by atoms with Crippen molar-refractivity contribution in [3.05, 3.63) is 49.9 Å². The van der Waals surface area contributed by atoms with Gasteiger partial charge in [-0.15, -0.1) is 11.3 Å². The Morgan fingerprint density at radius 3 is 2.67 bits per heavy atom. The van der Waals surface area contributed by atoms with Crippen molar-refractivity contribution in [3.63, 3.8) is 0 Å². The van der Waals surface area contributed by atoms with Crippen LogP contribution in [0.1, 0.15) is 21.4 Å². The summed E-state index contributed by atoms with van der Waals surface area (Å²) in [7, 11) is 1.44. The molecule has 1 heterocycles. The maximum Gasteiger partial charge on any atom is 0.165 e. The lowest BCUT2D eigenvalue weighted by atomic mass is 10.1. The molecule has 0 aliphatic carbocycles. The van der Waals surface area contributed by atoms with Gasteiger partial charge in [0.1, 0.15) is 0 Å². The van der Waals surface area contributed by atoms with Crippen LogP contribution in [0.15, 0.2) is 28.7 Å². The number of thiophene rings is 1. The van der Waals surface area contributed by atoms with Gasteiger partial charge >= 0.3 is 0 Å². The van der Waals surface area contributed by atoms with Gasteiger partial charge in [0.2, 0.25) is 0 Å². The van der Waals surface area contributed by atoms with E-state index in [2.05, 4.69) is 15.9 Å². The molecule has 0 bridgehead atoms. The van der Waals surface area contributed by atoms with E-state index in [-0.39, 0.29) is 17.6 Å². The average molecular weight is 330 g/mol. The van der Waals surface area contributed by atoms with Crippen molar-refractivity contribution in [3.8, 4) is 5.75 Å². The van der Waals surface area contributed by atoms with E-state index in [9.17, 15) is 4.39 Å². The van der Waals surface area contributed by atoms with E-state index in [0.717, 1.165) is 14.9 Å². The van der Waals surface area contributed by atoms with Crippen molar-refractivity contribution in [1.82, 2.24) is 0 Å². The first-order chi connectivity index (χ1) is 8.52. The summed E-state index contributed by atoms with van der Waals surface area (Å²) in [4.78, 5) is 2.21. The predicted molar refractivity (Wildman–Crippen MR) is 75.7 cm³/mol. The normalized spacial score (nSPS) is 12.5. The molecule has 2 aromatic rings. The number of halogens is 2. The van der Waals surface area contributed by atoms with Gasteiger partial charge in [-0.2, -0.15) is 0 Å². The molecule has 2 N–H and O–H groups in total. The number of nitrogens with two attached hydrogens (primary N) is 1. The SMILES string of the molecule is COc1cc(C(N)c2cc(Br)c(C)s2)ccc1F. The summed E-state index contributed by atoms with van der Waals surface area (Å²) in [5, 5.41) is 0. The number of benzene rings is 1. The molecule has 0 fully saturated rings. The van der Waals surface area contributed by atoms with Crippen LogP contribution in [-0.2, 0) is 0 Å². The van der Waals surface area contributed by atoms with Crippen LogP contribution in [0.25, 0.3) is 0 Å². The molecule has 18 heavy (non-hydrogen) atoms. The second-order valence-electron chi connectivity index (χ2n) is 3.92. The topological polar surface area (TPSA) is 35.2 Å². The molecule has 0 saturated heterocycles. The van der Waals surface area contributed by atoms with Crippen LogP contribution in [0.5, 0.6) is 5.75 Å². The Labute approximate surface area is 118 Å². The Morgan fingerprint density at radius 2 is 2.11 bits per heavy atom. The predicted octanol–water partition coefficient (Wildman–Crippen LogP) is 4.01. The van der Waals surface area contributed by atoms with E-state index in [1.165, 1.54) is 18.1 Å². The molecule has 0 radical (unpaired) electrons. The van der Waals surface area contributed by atoms with Crippen molar-refractivity contribution < 1.29 is 9.13 Å². The molecular weight excluding hydrogens is 317 g/mol. The molecule has 0 amide bonds. The number of hydrogen-bond donors (Lipinski definition) is 1. The Hall–Kier alpha value is -0.910. The maximum absolute atomic E-state index is 13.3. The molecule has 5 heteroatoms. The summed E-state index contributed by atoms with van der Waals surface area (Å²) in [6.07, 6.45) is 0. The second kappa shape index (κ2) is 5.38. The van der Waals surface area contributed by atoms with Crippen LogP contribution < -0.4 is 10.5 Å². The second-order valence-corrected chi connectivity index (χ2v) is 6.07. The van der Waals surface area contributed by atoms with Gasteiger partial charge in [-0.25, -0.2) is 4.39 Å². The van der Waals surface area contributed by atoms with Crippen molar-refractivity contribution in [2.45, 2.75) is 13.0 Å². The van der Waals surface area contributed by atoms with Gasteiger partial charge in [0.25, 0.3) is 0 Å². The van der Waals surface area contributed by atoms with Crippen LogP contribution >= 0.6 is 27.3 Å². The van der Waals surface area contributed by atoms with E-state index in [1.807, 2.05) is 13.0 Å². The third-order valence-corrected chi connectivity index (χ3v) is 4.94. The first-order valence-corrected chi connectivity index (χ1v) is 6.98. The smallest absolute Gasteiger partial charge is 0.165 e. The summed E-state index contributed by atoms with van der Waals surface area (Å²) in [6.45, 7) is 2.02. The quantitative estimate of drug-likeness (QED) is 0.923. The average Bonchev–Trinajstić information content (AvgIpc) is 2.69. The minimum atomic E-state index is -0.378. The van der Waals surface area contributed by atoms with E-state index in [0.29, 0.717) is 0 Å². The van der Waals surface area contributed by atoms with Crippen LogP contribution in [0.2, 0.25) is 0 Å². The first kappa shape index (κ1) is 13.5. The summed E-state index contributed by atoms with van der Waals surface area (Å²) < 4.78 is 19.3. The van der Waals surface area contributed by atoms with E-state index in [4.69, 9.17) is 10.5 Å². The van der Waals surface area contributed by atoms with Gasteiger partial charge in [-0.3, -0.25) is 0 Å². The Morgan fingerprint density at radius 1 is 1.39 bits per heavy atom. The van der Waals surface area contributed by atoms with Gasteiger partial charge in [0.05, 0.1) is 13.2 Å². The summed E-state index contributed by atoms with van der Waals surface area (Å²) in [5.41, 5.74) is 7.02. The fraction of sp³-hybridized carbons (Fsp3) is 0.231. The zero-order chi connectivity index (χ0) is 13.3. The fourth-order valence-corrected chi connectivity index (χ4v) is 3.26. The van der Waals surface area contributed by atoms with Crippen molar-refractivity contribution in [1.29, 1.82) is 0 Å². The van der Waals surface area contributed by atoms with Gasteiger partial charge in [-0.1, -0.05) is 6.07 Å². The zero-order valence-electron chi connectivity index (χ0n) is 10.0. The minimum absolute atomic E-state index is 0.218. The van der Waals surface area contributed by atoms with Gasteiger partial charge < -0.3 is 10.5 Å². The number of rotatable bonds is 3. The molecule has 0 spiro atoms. The highest BCUT2D eigenvalue weighted by Crippen LogP contribution is 2.33. The van der Waals surface area contributed by atoms with Crippen LogP contribution in [0, 0.1) is 12.7 Å². The van der Waals surface area contributed by atoms with Gasteiger partial charge in [0.15, 0.2) is 11.6 Å². The summed E-state index contributed by atoms with van der Waals surface area (Å²) in [6, 6.07) is 6.44. The van der Waals surface area contributed by atoms with Crippen LogP contribution in [0.3, 0.4) is 0 Å². The lowest BCUT2D eigenvalue weighted by molar-refractivity contribution is 0.385. The maximum atomic E-state index is 13.3. The molecule has 1 unspecified atom stereocenters. The summed E-state index contributed by atoms with van der Waals surface area (Å²) in [5.74, 6) is -0.160. The molecule has 1 aromatic carbocycles.